The summed E-state index contributed by atoms with van der Waals surface area (Å²) in [5.41, 5.74) is 4.08. The summed E-state index contributed by atoms with van der Waals surface area (Å²) < 4.78 is 0. The highest BCUT2D eigenvalue weighted by Crippen LogP contribution is 2.21. The quantitative estimate of drug-likeness (QED) is 0.760. The number of hydrogen-bond acceptors (Lipinski definition) is 2. The molecule has 0 aliphatic carbocycles. The van der Waals surface area contributed by atoms with Crippen molar-refractivity contribution in [2.45, 2.75) is 26.2 Å². The van der Waals surface area contributed by atoms with Crippen molar-refractivity contribution in [1.29, 1.82) is 0 Å². The molecule has 1 aromatic heterocycles. The summed E-state index contributed by atoms with van der Waals surface area (Å²) in [6.45, 7) is 4.14. The van der Waals surface area contributed by atoms with Crippen LogP contribution in [-0.4, -0.2) is 10.9 Å². The fourth-order valence-corrected chi connectivity index (χ4v) is 2.72. The molecule has 2 aromatic carbocycles. The van der Waals surface area contributed by atoms with Crippen molar-refractivity contribution in [2.24, 2.45) is 0 Å². The fourth-order valence-electron chi connectivity index (χ4n) is 2.72. The second-order valence-electron chi connectivity index (χ2n) is 5.98. The number of hydrogen-bond donors (Lipinski definition) is 1. The van der Waals surface area contributed by atoms with Gasteiger partial charge in [-0.15, -0.1) is 0 Å². The molecule has 116 valence electrons. The first kappa shape index (κ1) is 15.2. The second kappa shape index (κ2) is 6.61. The van der Waals surface area contributed by atoms with Crippen LogP contribution in [0.3, 0.4) is 0 Å². The van der Waals surface area contributed by atoms with E-state index in [1.807, 2.05) is 36.4 Å². The molecule has 0 radical (unpaired) electrons. The summed E-state index contributed by atoms with van der Waals surface area (Å²) in [4.78, 5) is 16.6. The SMILES string of the molecule is Cc1cccc(C(C)CC(=O)Nc2cnc3ccccc3c2)c1. The average Bonchev–Trinajstić information content (AvgIpc) is 2.54. The number of amides is 1. The Morgan fingerprint density at radius 3 is 2.78 bits per heavy atom. The molecule has 3 rings (SSSR count). The molecule has 3 aromatic rings. The van der Waals surface area contributed by atoms with Gasteiger partial charge in [0.05, 0.1) is 17.4 Å². The molecule has 3 heteroatoms. The maximum atomic E-state index is 12.3. The number of anilines is 1. The Morgan fingerprint density at radius 2 is 1.96 bits per heavy atom. The van der Waals surface area contributed by atoms with Crippen LogP contribution < -0.4 is 5.32 Å². The van der Waals surface area contributed by atoms with E-state index in [1.165, 1.54) is 11.1 Å². The highest BCUT2D eigenvalue weighted by molar-refractivity contribution is 5.93. The van der Waals surface area contributed by atoms with Gasteiger partial charge < -0.3 is 5.32 Å². The minimum atomic E-state index is 0.0103. The van der Waals surface area contributed by atoms with Crippen LogP contribution in [0, 0.1) is 6.92 Å². The molecule has 0 saturated carbocycles. The van der Waals surface area contributed by atoms with Gasteiger partial charge in [0.2, 0.25) is 5.91 Å². The number of carbonyl (C=O) groups excluding carboxylic acids is 1. The van der Waals surface area contributed by atoms with E-state index in [4.69, 9.17) is 0 Å². The van der Waals surface area contributed by atoms with E-state index in [9.17, 15) is 4.79 Å². The molecule has 1 atom stereocenters. The fraction of sp³-hybridized carbons (Fsp3) is 0.200. The Bertz CT molecular complexity index is 842. The predicted molar refractivity (Wildman–Crippen MR) is 94.6 cm³/mol. The Balaban J connectivity index is 1.68. The van der Waals surface area contributed by atoms with Crippen LogP contribution in [0.4, 0.5) is 5.69 Å². The first-order valence-electron chi connectivity index (χ1n) is 7.83. The average molecular weight is 304 g/mol. The highest BCUT2D eigenvalue weighted by atomic mass is 16.1. The third kappa shape index (κ3) is 3.75. The minimum Gasteiger partial charge on any atom is -0.325 e. The molecule has 1 amide bonds. The summed E-state index contributed by atoms with van der Waals surface area (Å²) in [6, 6.07) is 18.1. The van der Waals surface area contributed by atoms with Crippen molar-refractivity contribution in [3.05, 3.63) is 71.9 Å². The lowest BCUT2D eigenvalue weighted by Gasteiger charge is -2.13. The first-order chi connectivity index (χ1) is 11.1. The van der Waals surface area contributed by atoms with Crippen LogP contribution in [0.2, 0.25) is 0 Å². The molecule has 0 bridgehead atoms. The molecule has 0 spiro atoms. The third-order valence-corrected chi connectivity index (χ3v) is 3.98. The Hall–Kier alpha value is -2.68. The van der Waals surface area contributed by atoms with E-state index >= 15 is 0 Å². The maximum absolute atomic E-state index is 12.3. The Kier molecular flexibility index (Phi) is 4.38. The van der Waals surface area contributed by atoms with Gasteiger partial charge in [0.25, 0.3) is 0 Å². The number of benzene rings is 2. The van der Waals surface area contributed by atoms with Crippen molar-refractivity contribution < 1.29 is 4.79 Å². The summed E-state index contributed by atoms with van der Waals surface area (Å²) >= 11 is 0. The molecule has 0 aliphatic heterocycles. The maximum Gasteiger partial charge on any atom is 0.225 e. The lowest BCUT2D eigenvalue weighted by molar-refractivity contribution is -0.116. The van der Waals surface area contributed by atoms with E-state index < -0.39 is 0 Å². The third-order valence-electron chi connectivity index (χ3n) is 3.98. The zero-order valence-corrected chi connectivity index (χ0v) is 13.4. The van der Waals surface area contributed by atoms with Crippen molar-refractivity contribution in [1.82, 2.24) is 4.98 Å². The van der Waals surface area contributed by atoms with Gasteiger partial charge in [-0.3, -0.25) is 9.78 Å². The second-order valence-corrected chi connectivity index (χ2v) is 5.98. The lowest BCUT2D eigenvalue weighted by atomic mass is 9.96. The van der Waals surface area contributed by atoms with Gasteiger partial charge in [0.1, 0.15) is 0 Å². The van der Waals surface area contributed by atoms with Gasteiger partial charge in [-0.05, 0) is 30.5 Å². The smallest absolute Gasteiger partial charge is 0.225 e. The zero-order valence-electron chi connectivity index (χ0n) is 13.4. The largest absolute Gasteiger partial charge is 0.325 e. The first-order valence-corrected chi connectivity index (χ1v) is 7.83. The number of nitrogens with zero attached hydrogens (tertiary/aromatic N) is 1. The minimum absolute atomic E-state index is 0.0103. The normalized spacial score (nSPS) is 12.1. The summed E-state index contributed by atoms with van der Waals surface area (Å²) in [5, 5.41) is 3.97. The number of carbonyl (C=O) groups is 1. The summed E-state index contributed by atoms with van der Waals surface area (Å²) in [5.74, 6) is 0.194. The molecule has 23 heavy (non-hydrogen) atoms. The van der Waals surface area contributed by atoms with Crippen molar-refractivity contribution in [3.8, 4) is 0 Å². The molecule has 0 saturated heterocycles. The molecular weight excluding hydrogens is 284 g/mol. The number of nitrogens with one attached hydrogen (secondary N) is 1. The Morgan fingerprint density at radius 1 is 1.13 bits per heavy atom. The van der Waals surface area contributed by atoms with Crippen LogP contribution in [0.5, 0.6) is 0 Å². The zero-order chi connectivity index (χ0) is 16.2. The number of aromatic nitrogens is 1. The predicted octanol–water partition coefficient (Wildman–Crippen LogP) is 4.68. The molecule has 0 aliphatic rings. The van der Waals surface area contributed by atoms with Crippen LogP contribution in [-0.2, 0) is 4.79 Å². The number of pyridine rings is 1. The highest BCUT2D eigenvalue weighted by Gasteiger charge is 2.12. The van der Waals surface area contributed by atoms with Gasteiger partial charge in [0, 0.05) is 11.8 Å². The van der Waals surface area contributed by atoms with Gasteiger partial charge in [-0.1, -0.05) is 55.0 Å². The number of rotatable bonds is 4. The van der Waals surface area contributed by atoms with Crippen LogP contribution >= 0.6 is 0 Å². The van der Waals surface area contributed by atoms with Crippen molar-refractivity contribution >= 4 is 22.5 Å². The van der Waals surface area contributed by atoms with Gasteiger partial charge in [-0.25, -0.2) is 0 Å². The molecule has 1 unspecified atom stereocenters. The molecule has 3 nitrogen and oxygen atoms in total. The monoisotopic (exact) mass is 304 g/mol. The van der Waals surface area contributed by atoms with Crippen LogP contribution in [0.25, 0.3) is 10.9 Å². The van der Waals surface area contributed by atoms with Crippen molar-refractivity contribution in [2.75, 3.05) is 5.32 Å². The number of aryl methyl sites for hydroxylation is 1. The summed E-state index contributed by atoms with van der Waals surface area (Å²) in [7, 11) is 0. The lowest BCUT2D eigenvalue weighted by Crippen LogP contribution is -2.14. The Labute approximate surface area is 136 Å². The number of para-hydroxylation sites is 1. The van der Waals surface area contributed by atoms with E-state index in [0.29, 0.717) is 6.42 Å². The number of fused-ring (bicyclic) bond motifs is 1. The van der Waals surface area contributed by atoms with E-state index in [2.05, 4.69) is 42.3 Å². The van der Waals surface area contributed by atoms with Gasteiger partial charge >= 0.3 is 0 Å². The van der Waals surface area contributed by atoms with Gasteiger partial charge in [-0.2, -0.15) is 0 Å². The van der Waals surface area contributed by atoms with E-state index in [1.54, 1.807) is 6.20 Å². The molecule has 1 N–H and O–H groups in total. The van der Waals surface area contributed by atoms with Crippen molar-refractivity contribution in [3.63, 3.8) is 0 Å². The standard InChI is InChI=1S/C20H20N2O/c1-14-6-5-8-16(10-14)15(2)11-20(23)22-18-12-17-7-3-4-9-19(17)21-13-18/h3-10,12-13,15H,11H2,1-2H3,(H,22,23). The van der Waals surface area contributed by atoms with Gasteiger partial charge in [0.15, 0.2) is 0 Å². The topological polar surface area (TPSA) is 42.0 Å². The van der Waals surface area contributed by atoms with Crippen LogP contribution in [0.15, 0.2) is 60.8 Å². The molecule has 0 fully saturated rings. The van der Waals surface area contributed by atoms with E-state index in [0.717, 1.165) is 16.6 Å². The van der Waals surface area contributed by atoms with E-state index in [-0.39, 0.29) is 11.8 Å². The summed E-state index contributed by atoms with van der Waals surface area (Å²) in [6.07, 6.45) is 2.16. The van der Waals surface area contributed by atoms with Crippen LogP contribution in [0.1, 0.15) is 30.4 Å². The molecule has 1 heterocycles. The molecular formula is C20H20N2O.